The molecule has 2 fully saturated rings. The molecule has 4 rings (SSSR count). The Morgan fingerprint density at radius 1 is 1.36 bits per heavy atom. The molecule has 3 atom stereocenters. The molecule has 2 aliphatic rings. The fraction of sp³-hybridized carbons (Fsp3) is 0.529. The number of ether oxygens (including phenoxy) is 1. The van der Waals surface area contributed by atoms with Crippen LogP contribution in [0.4, 0.5) is 8.78 Å². The Morgan fingerprint density at radius 3 is 2.76 bits per heavy atom. The van der Waals surface area contributed by atoms with E-state index in [4.69, 9.17) is 0 Å². The number of hydrogen-bond acceptors (Lipinski definition) is 4. The number of aromatic amines is 1. The van der Waals surface area contributed by atoms with Crippen LogP contribution in [0.2, 0.25) is 0 Å². The van der Waals surface area contributed by atoms with Crippen molar-refractivity contribution in [1.29, 1.82) is 0 Å². The summed E-state index contributed by atoms with van der Waals surface area (Å²) >= 11 is 0. The first-order chi connectivity index (χ1) is 12.0. The molecule has 25 heavy (non-hydrogen) atoms. The zero-order chi connectivity index (χ0) is 17.6. The lowest BCUT2D eigenvalue weighted by Crippen LogP contribution is -2.48. The zero-order valence-electron chi connectivity index (χ0n) is 13.8. The number of alkyl halides is 2. The molecule has 3 heterocycles. The van der Waals surface area contributed by atoms with Crippen LogP contribution in [0.5, 0.6) is 5.75 Å². The smallest absolute Gasteiger partial charge is 0.387 e. The van der Waals surface area contributed by atoms with E-state index in [0.717, 1.165) is 12.8 Å². The summed E-state index contributed by atoms with van der Waals surface area (Å²) in [7, 11) is 2.15. The SMILES string of the molecule is CN1[C@@H]2CC[C@H]1CC(NC(=O)c1n[nH]c3cc(OC(F)F)ccc13)C2. The number of benzene rings is 1. The van der Waals surface area contributed by atoms with E-state index in [2.05, 4.69) is 32.2 Å². The molecule has 1 amide bonds. The third-order valence-corrected chi connectivity index (χ3v) is 5.41. The second-order valence-corrected chi connectivity index (χ2v) is 6.85. The highest BCUT2D eigenvalue weighted by atomic mass is 19.3. The summed E-state index contributed by atoms with van der Waals surface area (Å²) < 4.78 is 29.0. The molecule has 2 aromatic rings. The molecule has 0 spiro atoms. The lowest BCUT2D eigenvalue weighted by molar-refractivity contribution is -0.0497. The molecular formula is C17H20F2N4O2. The summed E-state index contributed by atoms with van der Waals surface area (Å²) in [5, 5.41) is 10.4. The van der Waals surface area contributed by atoms with Gasteiger partial charge < -0.3 is 15.0 Å². The largest absolute Gasteiger partial charge is 0.435 e. The molecule has 8 heteroatoms. The number of carbonyl (C=O) groups is 1. The van der Waals surface area contributed by atoms with E-state index >= 15 is 0 Å². The summed E-state index contributed by atoms with van der Waals surface area (Å²) in [4.78, 5) is 15.0. The number of fused-ring (bicyclic) bond motifs is 3. The van der Waals surface area contributed by atoms with Crippen molar-refractivity contribution in [2.24, 2.45) is 0 Å². The van der Waals surface area contributed by atoms with Crippen molar-refractivity contribution >= 4 is 16.8 Å². The number of nitrogens with zero attached hydrogens (tertiary/aromatic N) is 2. The predicted octanol–water partition coefficient (Wildman–Crippen LogP) is 2.52. The molecule has 2 saturated heterocycles. The van der Waals surface area contributed by atoms with Crippen molar-refractivity contribution in [1.82, 2.24) is 20.4 Å². The number of hydrogen-bond donors (Lipinski definition) is 2. The van der Waals surface area contributed by atoms with Gasteiger partial charge in [0.2, 0.25) is 0 Å². The molecular weight excluding hydrogens is 330 g/mol. The van der Waals surface area contributed by atoms with Crippen LogP contribution in [0.25, 0.3) is 10.9 Å². The topological polar surface area (TPSA) is 70.2 Å². The number of nitrogens with one attached hydrogen (secondary N) is 2. The monoisotopic (exact) mass is 350 g/mol. The molecule has 0 radical (unpaired) electrons. The average molecular weight is 350 g/mol. The van der Waals surface area contributed by atoms with Gasteiger partial charge in [-0.3, -0.25) is 9.89 Å². The van der Waals surface area contributed by atoms with Gasteiger partial charge in [0.25, 0.3) is 5.91 Å². The highest BCUT2D eigenvalue weighted by Gasteiger charge is 2.39. The van der Waals surface area contributed by atoms with Crippen molar-refractivity contribution in [2.75, 3.05) is 7.05 Å². The average Bonchev–Trinajstić information content (AvgIpc) is 3.04. The quantitative estimate of drug-likeness (QED) is 0.889. The number of carbonyl (C=O) groups excluding carboxylic acids is 1. The maximum Gasteiger partial charge on any atom is 0.387 e. The van der Waals surface area contributed by atoms with E-state index in [1.165, 1.54) is 25.0 Å². The summed E-state index contributed by atoms with van der Waals surface area (Å²) in [6.45, 7) is -2.89. The fourth-order valence-corrected chi connectivity index (χ4v) is 4.13. The lowest BCUT2D eigenvalue weighted by Gasteiger charge is -2.36. The van der Waals surface area contributed by atoms with Gasteiger partial charge in [0, 0.05) is 29.6 Å². The van der Waals surface area contributed by atoms with Crippen molar-refractivity contribution in [3.05, 3.63) is 23.9 Å². The minimum absolute atomic E-state index is 0.0324. The molecule has 2 bridgehead atoms. The van der Waals surface area contributed by atoms with Crippen LogP contribution in [0.3, 0.4) is 0 Å². The van der Waals surface area contributed by atoms with Gasteiger partial charge in [-0.15, -0.1) is 0 Å². The third-order valence-electron chi connectivity index (χ3n) is 5.41. The first-order valence-corrected chi connectivity index (χ1v) is 8.47. The number of aromatic nitrogens is 2. The molecule has 134 valence electrons. The Balaban J connectivity index is 1.49. The Kier molecular flexibility index (Phi) is 4.07. The van der Waals surface area contributed by atoms with Crippen LogP contribution < -0.4 is 10.1 Å². The molecule has 0 saturated carbocycles. The van der Waals surface area contributed by atoms with E-state index in [-0.39, 0.29) is 23.4 Å². The van der Waals surface area contributed by atoms with Gasteiger partial charge in [0.1, 0.15) is 5.75 Å². The first kappa shape index (κ1) is 16.3. The van der Waals surface area contributed by atoms with Crippen LogP contribution in [-0.4, -0.2) is 52.8 Å². The van der Waals surface area contributed by atoms with E-state index in [1.807, 2.05) is 0 Å². The number of amides is 1. The van der Waals surface area contributed by atoms with Gasteiger partial charge >= 0.3 is 6.61 Å². The fourth-order valence-electron chi connectivity index (χ4n) is 4.13. The highest BCUT2D eigenvalue weighted by molar-refractivity contribution is 6.05. The summed E-state index contributed by atoms with van der Waals surface area (Å²) in [6, 6.07) is 5.62. The molecule has 2 aliphatic heterocycles. The van der Waals surface area contributed by atoms with Gasteiger partial charge in [-0.1, -0.05) is 0 Å². The molecule has 1 aromatic carbocycles. The van der Waals surface area contributed by atoms with Crippen LogP contribution in [-0.2, 0) is 0 Å². The number of halogens is 2. The Hall–Kier alpha value is -2.22. The van der Waals surface area contributed by atoms with Crippen LogP contribution in [0.1, 0.15) is 36.2 Å². The standard InChI is InChI=1S/C17H20F2N4O2/c1-23-10-2-3-11(23)7-9(6-10)20-16(24)15-13-5-4-12(25-17(18)19)8-14(13)21-22-15/h4-5,8-11,17H,2-3,6-7H2,1H3,(H,20,24)(H,21,22)/t9?,10-,11+. The second kappa shape index (κ2) is 6.25. The second-order valence-electron chi connectivity index (χ2n) is 6.85. The number of rotatable bonds is 4. The molecule has 1 aromatic heterocycles. The summed E-state index contributed by atoms with van der Waals surface area (Å²) in [6.07, 6.45) is 4.28. The van der Waals surface area contributed by atoms with Crippen molar-refractivity contribution in [2.45, 2.75) is 50.4 Å². The van der Waals surface area contributed by atoms with Crippen molar-refractivity contribution in [3.8, 4) is 5.75 Å². The van der Waals surface area contributed by atoms with E-state index in [9.17, 15) is 13.6 Å². The zero-order valence-corrected chi connectivity index (χ0v) is 13.8. The van der Waals surface area contributed by atoms with E-state index < -0.39 is 6.61 Å². The summed E-state index contributed by atoms with van der Waals surface area (Å²) in [5.74, 6) is -0.201. The Labute approximate surface area is 143 Å². The normalized spacial score (nSPS) is 26.3. The Bertz CT molecular complexity index is 780. The molecule has 6 nitrogen and oxygen atoms in total. The number of piperidine rings is 1. The Morgan fingerprint density at radius 2 is 2.08 bits per heavy atom. The van der Waals surface area contributed by atoms with E-state index in [1.54, 1.807) is 6.07 Å². The van der Waals surface area contributed by atoms with Gasteiger partial charge in [-0.2, -0.15) is 13.9 Å². The van der Waals surface area contributed by atoms with Gasteiger partial charge in [-0.25, -0.2) is 0 Å². The molecule has 0 aliphatic carbocycles. The van der Waals surface area contributed by atoms with E-state index in [0.29, 0.717) is 23.0 Å². The van der Waals surface area contributed by atoms with Gasteiger partial charge in [0.05, 0.1) is 5.52 Å². The first-order valence-electron chi connectivity index (χ1n) is 8.47. The van der Waals surface area contributed by atoms with Crippen LogP contribution >= 0.6 is 0 Å². The summed E-state index contributed by atoms with van der Waals surface area (Å²) in [5.41, 5.74) is 0.775. The van der Waals surface area contributed by atoms with Crippen molar-refractivity contribution in [3.63, 3.8) is 0 Å². The van der Waals surface area contributed by atoms with Gasteiger partial charge in [0.15, 0.2) is 5.69 Å². The third kappa shape index (κ3) is 3.06. The maximum atomic E-state index is 12.6. The van der Waals surface area contributed by atoms with Crippen LogP contribution in [0, 0.1) is 0 Å². The number of H-pyrrole nitrogens is 1. The van der Waals surface area contributed by atoms with Gasteiger partial charge in [-0.05, 0) is 44.9 Å². The minimum Gasteiger partial charge on any atom is -0.435 e. The van der Waals surface area contributed by atoms with Crippen LogP contribution in [0.15, 0.2) is 18.2 Å². The van der Waals surface area contributed by atoms with Crippen molar-refractivity contribution < 1.29 is 18.3 Å². The lowest BCUT2D eigenvalue weighted by atomic mass is 9.98. The maximum absolute atomic E-state index is 12.6. The highest BCUT2D eigenvalue weighted by Crippen LogP contribution is 2.34. The molecule has 1 unspecified atom stereocenters. The molecule has 2 N–H and O–H groups in total. The predicted molar refractivity (Wildman–Crippen MR) is 87.8 cm³/mol. The minimum atomic E-state index is -2.89.